The van der Waals surface area contributed by atoms with Crippen LogP contribution in [-0.4, -0.2) is 37.7 Å². The number of morpholine rings is 1. The lowest BCUT2D eigenvalue weighted by Crippen LogP contribution is -2.55. The van der Waals surface area contributed by atoms with E-state index in [1.54, 1.807) is 12.1 Å². The summed E-state index contributed by atoms with van der Waals surface area (Å²) in [5, 5.41) is 12.6. The number of nitriles is 1. The molecule has 1 aromatic rings. The molecule has 1 unspecified atom stereocenters. The lowest BCUT2D eigenvalue weighted by atomic mass is 10.1. The van der Waals surface area contributed by atoms with Gasteiger partial charge in [-0.1, -0.05) is 17.7 Å². The monoisotopic (exact) mass is 307 g/mol. The topological polar surface area (TPSA) is 65.4 Å². The van der Waals surface area contributed by atoms with Crippen LogP contribution in [0.15, 0.2) is 18.2 Å². The van der Waals surface area contributed by atoms with E-state index in [1.807, 2.05) is 24.8 Å². The molecule has 2 rings (SSSR count). The van der Waals surface area contributed by atoms with Crippen LogP contribution in [0.2, 0.25) is 5.02 Å². The highest BCUT2D eigenvalue weighted by atomic mass is 35.5. The van der Waals surface area contributed by atoms with E-state index < -0.39 is 6.04 Å². The third-order valence-electron chi connectivity index (χ3n) is 3.27. The number of anilines is 1. The molecule has 0 saturated carbocycles. The first-order valence-corrected chi connectivity index (χ1v) is 7.25. The van der Waals surface area contributed by atoms with E-state index in [0.29, 0.717) is 36.0 Å². The van der Waals surface area contributed by atoms with E-state index in [4.69, 9.17) is 16.3 Å². The van der Waals surface area contributed by atoms with Gasteiger partial charge in [0.2, 0.25) is 5.91 Å². The Morgan fingerprint density at radius 1 is 1.57 bits per heavy atom. The van der Waals surface area contributed by atoms with Gasteiger partial charge in [0, 0.05) is 12.6 Å². The van der Waals surface area contributed by atoms with E-state index >= 15 is 0 Å². The third-order valence-corrected chi connectivity index (χ3v) is 3.59. The Hall–Kier alpha value is -1.77. The van der Waals surface area contributed by atoms with Crippen molar-refractivity contribution in [1.29, 1.82) is 5.26 Å². The Bertz CT molecular complexity index is 569. The van der Waals surface area contributed by atoms with E-state index in [1.165, 1.54) is 0 Å². The van der Waals surface area contributed by atoms with Crippen LogP contribution >= 0.6 is 11.6 Å². The van der Waals surface area contributed by atoms with Crippen molar-refractivity contribution >= 4 is 23.2 Å². The largest absolute Gasteiger partial charge is 0.377 e. The number of benzene rings is 1. The average Bonchev–Trinajstić information content (AvgIpc) is 2.46. The first-order chi connectivity index (χ1) is 10.0. The standard InChI is InChI=1S/C15H18ClN3O2/c1-10(2)18-15(20)14-9-21-7-6-19(14)13-5-3-4-12(16)11(13)8-17/h3-5,10,14H,6-7,9H2,1-2H3,(H,18,20). The van der Waals surface area contributed by atoms with Gasteiger partial charge in [0.1, 0.15) is 12.1 Å². The van der Waals surface area contributed by atoms with Crippen molar-refractivity contribution in [3.8, 4) is 6.07 Å². The molecule has 0 bridgehead atoms. The average molecular weight is 308 g/mol. The number of carbonyl (C=O) groups is 1. The lowest BCUT2D eigenvalue weighted by molar-refractivity contribution is -0.125. The molecule has 1 aliphatic rings. The SMILES string of the molecule is CC(C)NC(=O)C1COCCN1c1cccc(Cl)c1C#N. The molecule has 1 N–H and O–H groups in total. The van der Waals surface area contributed by atoms with Gasteiger partial charge in [-0.2, -0.15) is 5.26 Å². The van der Waals surface area contributed by atoms with Crippen LogP contribution < -0.4 is 10.2 Å². The second-order valence-electron chi connectivity index (χ2n) is 5.19. The van der Waals surface area contributed by atoms with E-state index in [0.717, 1.165) is 0 Å². The van der Waals surface area contributed by atoms with Crippen LogP contribution in [0.25, 0.3) is 0 Å². The van der Waals surface area contributed by atoms with Crippen LogP contribution in [-0.2, 0) is 9.53 Å². The maximum Gasteiger partial charge on any atom is 0.245 e. The fraction of sp³-hybridized carbons (Fsp3) is 0.467. The Morgan fingerprint density at radius 2 is 2.33 bits per heavy atom. The summed E-state index contributed by atoms with van der Waals surface area (Å²) < 4.78 is 5.42. The van der Waals surface area contributed by atoms with E-state index in [-0.39, 0.29) is 11.9 Å². The van der Waals surface area contributed by atoms with Gasteiger partial charge in [0.15, 0.2) is 0 Å². The molecular formula is C15H18ClN3O2. The molecule has 1 atom stereocenters. The highest BCUT2D eigenvalue weighted by Crippen LogP contribution is 2.29. The number of rotatable bonds is 3. The quantitative estimate of drug-likeness (QED) is 0.927. The Morgan fingerprint density at radius 3 is 3.00 bits per heavy atom. The maximum atomic E-state index is 12.3. The van der Waals surface area contributed by atoms with Crippen molar-refractivity contribution in [3.05, 3.63) is 28.8 Å². The van der Waals surface area contributed by atoms with Crippen LogP contribution in [0.5, 0.6) is 0 Å². The molecule has 0 aromatic heterocycles. The third kappa shape index (κ3) is 3.46. The smallest absolute Gasteiger partial charge is 0.245 e. The predicted octanol–water partition coefficient (Wildman–Crippen LogP) is 1.94. The zero-order valence-corrected chi connectivity index (χ0v) is 12.9. The van der Waals surface area contributed by atoms with Gasteiger partial charge < -0.3 is 15.0 Å². The van der Waals surface area contributed by atoms with Crippen LogP contribution in [0, 0.1) is 11.3 Å². The van der Waals surface area contributed by atoms with Crippen molar-refractivity contribution in [1.82, 2.24) is 5.32 Å². The minimum Gasteiger partial charge on any atom is -0.377 e. The Balaban J connectivity index is 2.34. The number of halogens is 1. The number of carbonyl (C=O) groups excluding carboxylic acids is 1. The van der Waals surface area contributed by atoms with Crippen LogP contribution in [0.3, 0.4) is 0 Å². The van der Waals surface area contributed by atoms with Crippen LogP contribution in [0.1, 0.15) is 19.4 Å². The van der Waals surface area contributed by atoms with Gasteiger partial charge in [-0.05, 0) is 26.0 Å². The molecule has 0 aliphatic carbocycles. The molecule has 6 heteroatoms. The van der Waals surface area contributed by atoms with Crippen LogP contribution in [0.4, 0.5) is 5.69 Å². The fourth-order valence-electron chi connectivity index (χ4n) is 2.35. The van der Waals surface area contributed by atoms with Crippen molar-refractivity contribution in [3.63, 3.8) is 0 Å². The number of ether oxygens (including phenoxy) is 1. The van der Waals surface area contributed by atoms with Gasteiger partial charge in [0.05, 0.1) is 29.5 Å². The fourth-order valence-corrected chi connectivity index (χ4v) is 2.56. The second-order valence-corrected chi connectivity index (χ2v) is 5.60. The Labute approximate surface area is 129 Å². The van der Waals surface area contributed by atoms with Crippen molar-refractivity contribution in [2.45, 2.75) is 25.9 Å². The van der Waals surface area contributed by atoms with Crippen molar-refractivity contribution in [2.24, 2.45) is 0 Å². The molecule has 112 valence electrons. The molecule has 0 spiro atoms. The summed E-state index contributed by atoms with van der Waals surface area (Å²) in [6.07, 6.45) is 0. The molecule has 1 heterocycles. The van der Waals surface area contributed by atoms with Crippen molar-refractivity contribution in [2.75, 3.05) is 24.7 Å². The molecule has 5 nitrogen and oxygen atoms in total. The molecule has 1 aromatic carbocycles. The summed E-state index contributed by atoms with van der Waals surface area (Å²) in [5.74, 6) is -0.103. The predicted molar refractivity (Wildman–Crippen MR) is 81.4 cm³/mol. The zero-order valence-electron chi connectivity index (χ0n) is 12.1. The molecular weight excluding hydrogens is 290 g/mol. The minimum atomic E-state index is -0.452. The first kappa shape index (κ1) is 15.6. The number of nitrogens with one attached hydrogen (secondary N) is 1. The van der Waals surface area contributed by atoms with Gasteiger partial charge in [-0.15, -0.1) is 0 Å². The lowest BCUT2D eigenvalue weighted by Gasteiger charge is -2.37. The van der Waals surface area contributed by atoms with E-state index in [9.17, 15) is 10.1 Å². The molecule has 0 radical (unpaired) electrons. The van der Waals surface area contributed by atoms with Gasteiger partial charge in [0.25, 0.3) is 0 Å². The van der Waals surface area contributed by atoms with E-state index in [2.05, 4.69) is 11.4 Å². The van der Waals surface area contributed by atoms with Gasteiger partial charge >= 0.3 is 0 Å². The number of nitrogens with zero attached hydrogens (tertiary/aromatic N) is 2. The van der Waals surface area contributed by atoms with Gasteiger partial charge in [-0.3, -0.25) is 4.79 Å². The number of amides is 1. The zero-order chi connectivity index (χ0) is 15.4. The first-order valence-electron chi connectivity index (χ1n) is 6.88. The summed E-state index contributed by atoms with van der Waals surface area (Å²) in [5.41, 5.74) is 1.07. The molecule has 1 fully saturated rings. The van der Waals surface area contributed by atoms with Gasteiger partial charge in [-0.25, -0.2) is 0 Å². The number of hydrogen-bond acceptors (Lipinski definition) is 4. The molecule has 1 amide bonds. The summed E-state index contributed by atoms with van der Waals surface area (Å²) in [6.45, 7) is 5.18. The highest BCUT2D eigenvalue weighted by Gasteiger charge is 2.31. The second kappa shape index (κ2) is 6.79. The molecule has 21 heavy (non-hydrogen) atoms. The summed E-state index contributed by atoms with van der Waals surface area (Å²) in [6, 6.07) is 6.98. The highest BCUT2D eigenvalue weighted by molar-refractivity contribution is 6.32. The summed E-state index contributed by atoms with van der Waals surface area (Å²) in [7, 11) is 0. The summed E-state index contributed by atoms with van der Waals surface area (Å²) in [4.78, 5) is 14.2. The Kier molecular flexibility index (Phi) is 5.05. The van der Waals surface area contributed by atoms with Crippen molar-refractivity contribution < 1.29 is 9.53 Å². The maximum absolute atomic E-state index is 12.3. The molecule has 1 saturated heterocycles. The normalized spacial score (nSPS) is 18.4. The summed E-state index contributed by atoms with van der Waals surface area (Å²) >= 11 is 6.08. The minimum absolute atomic E-state index is 0.0519. The molecule has 1 aliphatic heterocycles. The number of hydrogen-bond donors (Lipinski definition) is 1.